The van der Waals surface area contributed by atoms with Crippen molar-refractivity contribution in [2.24, 2.45) is 0 Å². The van der Waals surface area contributed by atoms with Gasteiger partial charge in [0.2, 0.25) is 0 Å². The molecule has 0 aliphatic heterocycles. The Morgan fingerprint density at radius 2 is 1.30 bits per heavy atom. The van der Waals surface area contributed by atoms with E-state index in [0.717, 1.165) is 0 Å². The molecule has 20 heavy (non-hydrogen) atoms. The van der Waals surface area contributed by atoms with Gasteiger partial charge in [0.1, 0.15) is 0 Å². The second-order valence-electron chi connectivity index (χ2n) is 4.62. The van der Waals surface area contributed by atoms with Gasteiger partial charge in [-0.05, 0) is 17.6 Å². The fourth-order valence-electron chi connectivity index (χ4n) is 1.41. The van der Waals surface area contributed by atoms with Crippen LogP contribution in [0.15, 0.2) is 30.3 Å². The number of hydrogen-bond acceptors (Lipinski definition) is 2. The molecule has 1 rings (SSSR count). The number of rotatable bonds is 5. The number of carbonyl (C=O) groups is 1. The van der Waals surface area contributed by atoms with E-state index >= 15 is 0 Å². The zero-order valence-electron chi connectivity index (χ0n) is 10.8. The Hall–Kier alpha value is -0.895. The van der Waals surface area contributed by atoms with E-state index in [9.17, 15) is 4.79 Å². The average Bonchev–Trinajstić information content (AvgIpc) is 2.33. The molecule has 1 aromatic carbocycles. The predicted octanol–water partition coefficient (Wildman–Crippen LogP) is -2.06. The van der Waals surface area contributed by atoms with Gasteiger partial charge in [-0.2, -0.15) is 0 Å². The van der Waals surface area contributed by atoms with Crippen molar-refractivity contribution in [2.75, 3.05) is 0 Å². The topological polar surface area (TPSA) is 41.1 Å². The molecule has 14 radical (unpaired) electrons. The third kappa shape index (κ3) is 3.60. The van der Waals surface area contributed by atoms with Crippen molar-refractivity contribution >= 4 is 60.8 Å². The van der Waals surface area contributed by atoms with Crippen LogP contribution in [0.4, 0.5) is 0 Å². The molecule has 0 aliphatic carbocycles. The zero-order chi connectivity index (χ0) is 15.6. The first-order chi connectivity index (χ1) is 8.99. The first kappa shape index (κ1) is 17.2. The highest BCUT2D eigenvalue weighted by molar-refractivity contribution is 6.69. The molecule has 0 saturated carbocycles. The van der Waals surface area contributed by atoms with Crippen molar-refractivity contribution in [1.29, 1.82) is 0 Å². The van der Waals surface area contributed by atoms with Crippen LogP contribution in [0.3, 0.4) is 0 Å². The van der Waals surface area contributed by atoms with Crippen LogP contribution in [0.2, 0.25) is 10.2 Å². The van der Waals surface area contributed by atoms with E-state index in [0.29, 0.717) is 5.56 Å². The van der Waals surface area contributed by atoms with Gasteiger partial charge in [-0.3, -0.25) is 10.2 Å². The lowest BCUT2D eigenvalue weighted by Crippen LogP contribution is -2.68. The van der Waals surface area contributed by atoms with Gasteiger partial charge in [0.15, 0.2) is 0 Å². The Morgan fingerprint density at radius 1 is 0.850 bits per heavy atom. The summed E-state index contributed by atoms with van der Waals surface area (Å²) >= 11 is 0. The van der Waals surface area contributed by atoms with E-state index < -0.39 is 21.6 Å². The molecule has 0 atom stereocenters. The fraction of sp³-hybridized carbons (Fsp3) is 0.300. The number of hydrazine groups is 1. The van der Waals surface area contributed by atoms with Gasteiger partial charge in [-0.1, -0.05) is 18.2 Å². The van der Waals surface area contributed by atoms with E-state index in [2.05, 4.69) is 10.9 Å². The monoisotopic (exact) mass is 248 g/mol. The standard InChI is InChI=1S/C10H7B7N2O/c11-8(9(12,13)14,10(15,16)17)19-18-7(20)6-4-2-1-3-5-6/h1-5,19H,(H,18,20). The summed E-state index contributed by atoms with van der Waals surface area (Å²) in [6.07, 6.45) is 0. The molecule has 0 spiro atoms. The van der Waals surface area contributed by atoms with Crippen molar-refractivity contribution in [2.45, 2.75) is 15.7 Å². The maximum absolute atomic E-state index is 11.9. The van der Waals surface area contributed by atoms with Gasteiger partial charge in [-0.25, -0.2) is 5.43 Å². The molecule has 1 aromatic rings. The van der Waals surface area contributed by atoms with Gasteiger partial charge in [-0.15, -0.1) is 10.2 Å². The maximum atomic E-state index is 11.9. The van der Waals surface area contributed by atoms with Crippen LogP contribution >= 0.6 is 0 Å². The van der Waals surface area contributed by atoms with Crippen LogP contribution in [-0.4, -0.2) is 66.3 Å². The van der Waals surface area contributed by atoms with Crippen LogP contribution in [0, 0.1) is 0 Å². The van der Waals surface area contributed by atoms with E-state index in [-0.39, 0.29) is 0 Å². The summed E-state index contributed by atoms with van der Waals surface area (Å²) in [5, 5.41) is -4.20. The molecule has 0 saturated heterocycles. The van der Waals surface area contributed by atoms with Crippen molar-refractivity contribution in [3.63, 3.8) is 0 Å². The quantitative estimate of drug-likeness (QED) is 0.464. The Balaban J connectivity index is 2.87. The molecule has 0 aromatic heterocycles. The van der Waals surface area contributed by atoms with E-state index in [1.807, 2.05) is 0 Å². The Kier molecular flexibility index (Phi) is 5.01. The minimum absolute atomic E-state index is 0.357. The smallest absolute Gasteiger partial charge is 0.265 e. The highest BCUT2D eigenvalue weighted by Gasteiger charge is 2.43. The number of benzene rings is 1. The normalized spacial score (nSPS) is 12.8. The van der Waals surface area contributed by atoms with Crippen molar-refractivity contribution in [3.05, 3.63) is 35.9 Å². The molecule has 0 unspecified atom stereocenters. The first-order valence-electron chi connectivity index (χ1n) is 5.64. The van der Waals surface area contributed by atoms with Gasteiger partial charge in [0.25, 0.3) is 5.91 Å². The third-order valence-corrected chi connectivity index (χ3v) is 2.78. The van der Waals surface area contributed by atoms with Crippen molar-refractivity contribution in [1.82, 2.24) is 10.9 Å². The number of nitrogens with one attached hydrogen (secondary N) is 2. The average molecular weight is 247 g/mol. The Bertz CT molecular complexity index is 455. The summed E-state index contributed by atoms with van der Waals surface area (Å²) < 4.78 is 0. The molecule has 84 valence electrons. The maximum Gasteiger partial charge on any atom is 0.265 e. The van der Waals surface area contributed by atoms with Crippen LogP contribution in [0.1, 0.15) is 10.4 Å². The number of amides is 1. The second-order valence-corrected chi connectivity index (χ2v) is 4.62. The molecule has 3 nitrogen and oxygen atoms in total. The van der Waals surface area contributed by atoms with Gasteiger partial charge < -0.3 is 0 Å². The SMILES string of the molecule is [B]C([B])([B])C([B])(NNC(=O)c1ccccc1)C([B])([B])[B]. The van der Waals surface area contributed by atoms with E-state index in [1.54, 1.807) is 30.3 Å². The molecule has 10 heteroatoms. The highest BCUT2D eigenvalue weighted by Crippen LogP contribution is 2.39. The third-order valence-electron chi connectivity index (χ3n) is 2.78. The molecule has 0 heterocycles. The lowest BCUT2D eigenvalue weighted by Gasteiger charge is -2.55. The molecule has 0 aliphatic rings. The lowest BCUT2D eigenvalue weighted by atomic mass is 9.18. The second kappa shape index (κ2) is 5.84. The van der Waals surface area contributed by atoms with Gasteiger partial charge >= 0.3 is 0 Å². The minimum Gasteiger partial charge on any atom is -0.288 e. The zero-order valence-corrected chi connectivity index (χ0v) is 10.8. The molecule has 0 bridgehead atoms. The van der Waals surface area contributed by atoms with Crippen molar-refractivity contribution in [3.8, 4) is 0 Å². The summed E-state index contributed by atoms with van der Waals surface area (Å²) in [6.45, 7) is 0. The minimum atomic E-state index is -2.10. The molecular formula is C10H7B7N2O. The Morgan fingerprint density at radius 3 is 1.70 bits per heavy atom. The first-order valence-corrected chi connectivity index (χ1v) is 5.64. The lowest BCUT2D eigenvalue weighted by molar-refractivity contribution is 0.0919. The van der Waals surface area contributed by atoms with E-state index in [1.165, 1.54) is 0 Å². The van der Waals surface area contributed by atoms with Crippen LogP contribution in [-0.2, 0) is 0 Å². The van der Waals surface area contributed by atoms with Crippen molar-refractivity contribution < 1.29 is 4.79 Å². The number of carbonyl (C=O) groups excluding carboxylic acids is 1. The molecule has 1 amide bonds. The van der Waals surface area contributed by atoms with Crippen LogP contribution < -0.4 is 10.9 Å². The van der Waals surface area contributed by atoms with Gasteiger partial charge in [0, 0.05) is 5.56 Å². The number of hydrogen-bond donors (Lipinski definition) is 2. The largest absolute Gasteiger partial charge is 0.288 e. The fourth-order valence-corrected chi connectivity index (χ4v) is 1.41. The summed E-state index contributed by atoms with van der Waals surface area (Å²) in [4.78, 5) is 11.9. The Labute approximate surface area is 128 Å². The molecule has 0 fully saturated rings. The highest BCUT2D eigenvalue weighted by atomic mass is 16.2. The molecule has 2 N–H and O–H groups in total. The van der Waals surface area contributed by atoms with Crippen LogP contribution in [0.5, 0.6) is 0 Å². The van der Waals surface area contributed by atoms with Crippen LogP contribution in [0.25, 0.3) is 0 Å². The van der Waals surface area contributed by atoms with E-state index in [4.69, 9.17) is 54.9 Å². The predicted molar refractivity (Wildman–Crippen MR) is 85.4 cm³/mol. The molecular weight excluding hydrogens is 240 g/mol. The summed E-state index contributed by atoms with van der Waals surface area (Å²) in [6, 6.07) is 8.28. The summed E-state index contributed by atoms with van der Waals surface area (Å²) in [7, 11) is 38.8. The summed E-state index contributed by atoms with van der Waals surface area (Å²) in [5.41, 5.74) is 2.84. The van der Waals surface area contributed by atoms with Gasteiger partial charge in [0.05, 0.1) is 54.9 Å². The summed E-state index contributed by atoms with van der Waals surface area (Å²) in [5.74, 6) is -0.520.